The van der Waals surface area contributed by atoms with Crippen LogP contribution in [-0.4, -0.2) is 8.42 Å². The maximum absolute atomic E-state index is 12.4. The summed E-state index contributed by atoms with van der Waals surface area (Å²) in [4.78, 5) is 0.262. The summed E-state index contributed by atoms with van der Waals surface area (Å²) in [6.45, 7) is 1.71. The molecule has 0 aromatic heterocycles. The van der Waals surface area contributed by atoms with Crippen LogP contribution in [0.3, 0.4) is 0 Å². The summed E-state index contributed by atoms with van der Waals surface area (Å²) in [6.07, 6.45) is 0. The number of aryl methyl sites for hydroxylation is 1. The number of rotatable bonds is 3. The molecule has 2 rings (SSSR count). The number of nitrogen functional groups attached to an aromatic ring is 1. The second-order valence-corrected chi connectivity index (χ2v) is 7.32. The van der Waals surface area contributed by atoms with E-state index in [1.807, 2.05) is 0 Å². The fourth-order valence-corrected chi connectivity index (χ4v) is 4.14. The first kappa shape index (κ1) is 15.2. The Morgan fingerprint density at radius 3 is 2.40 bits per heavy atom. The van der Waals surface area contributed by atoms with Crippen LogP contribution in [0.2, 0.25) is 10.0 Å². The van der Waals surface area contributed by atoms with Crippen molar-refractivity contribution in [3.63, 3.8) is 0 Å². The Hall–Kier alpha value is -1.23. The molecular weight excluding hydrogens is 317 g/mol. The molecule has 0 radical (unpaired) electrons. The second kappa shape index (κ2) is 5.64. The summed E-state index contributed by atoms with van der Waals surface area (Å²) in [5.74, 6) is -0.173. The molecule has 2 aromatic rings. The second-order valence-electron chi connectivity index (χ2n) is 4.52. The Morgan fingerprint density at radius 1 is 1.10 bits per heavy atom. The van der Waals surface area contributed by atoms with Gasteiger partial charge in [-0.2, -0.15) is 0 Å². The van der Waals surface area contributed by atoms with Gasteiger partial charge in [0.15, 0.2) is 9.84 Å². The number of hydrogen-bond acceptors (Lipinski definition) is 3. The van der Waals surface area contributed by atoms with E-state index in [1.54, 1.807) is 31.2 Å². The highest BCUT2D eigenvalue weighted by molar-refractivity contribution is 7.90. The van der Waals surface area contributed by atoms with Crippen LogP contribution in [0.25, 0.3) is 0 Å². The molecule has 0 aliphatic rings. The van der Waals surface area contributed by atoms with Gasteiger partial charge >= 0.3 is 0 Å². The van der Waals surface area contributed by atoms with Crippen molar-refractivity contribution < 1.29 is 8.42 Å². The molecule has 2 N–H and O–H groups in total. The minimum atomic E-state index is -3.48. The predicted molar refractivity (Wildman–Crippen MR) is 82.9 cm³/mol. The van der Waals surface area contributed by atoms with Crippen molar-refractivity contribution in [2.24, 2.45) is 0 Å². The van der Waals surface area contributed by atoms with Gasteiger partial charge in [-0.25, -0.2) is 8.42 Å². The first-order chi connectivity index (χ1) is 9.29. The van der Waals surface area contributed by atoms with Gasteiger partial charge in [0.25, 0.3) is 0 Å². The van der Waals surface area contributed by atoms with Gasteiger partial charge in [-0.1, -0.05) is 29.3 Å². The number of sulfone groups is 1. The normalized spacial score (nSPS) is 11.6. The van der Waals surface area contributed by atoms with E-state index in [9.17, 15) is 8.42 Å². The number of nitrogens with two attached hydrogens (primary N) is 1. The molecule has 2 aromatic carbocycles. The van der Waals surface area contributed by atoms with Crippen LogP contribution in [0.1, 0.15) is 11.1 Å². The summed E-state index contributed by atoms with van der Waals surface area (Å²) >= 11 is 11.8. The van der Waals surface area contributed by atoms with E-state index >= 15 is 0 Å². The lowest BCUT2D eigenvalue weighted by molar-refractivity contribution is 0.594. The third-order valence-corrected chi connectivity index (χ3v) is 5.30. The van der Waals surface area contributed by atoms with Crippen molar-refractivity contribution in [1.29, 1.82) is 0 Å². The molecule has 0 aliphatic carbocycles. The van der Waals surface area contributed by atoms with Gasteiger partial charge in [0.2, 0.25) is 0 Å². The molecule has 0 atom stereocenters. The number of benzene rings is 2. The molecule has 0 saturated heterocycles. The average molecular weight is 330 g/mol. The molecule has 0 saturated carbocycles. The fourth-order valence-electron chi connectivity index (χ4n) is 1.94. The average Bonchev–Trinajstić information content (AvgIpc) is 2.32. The van der Waals surface area contributed by atoms with E-state index < -0.39 is 9.84 Å². The van der Waals surface area contributed by atoms with E-state index in [0.29, 0.717) is 26.9 Å². The fraction of sp³-hybridized carbons (Fsp3) is 0.143. The van der Waals surface area contributed by atoms with Crippen molar-refractivity contribution in [3.05, 3.63) is 57.6 Å². The van der Waals surface area contributed by atoms with E-state index in [4.69, 9.17) is 28.9 Å². The molecule has 0 amide bonds. The summed E-state index contributed by atoms with van der Waals surface area (Å²) < 4.78 is 24.9. The summed E-state index contributed by atoms with van der Waals surface area (Å²) in [6, 6.07) is 9.50. The van der Waals surface area contributed by atoms with Crippen LogP contribution in [-0.2, 0) is 15.6 Å². The van der Waals surface area contributed by atoms with Gasteiger partial charge in [-0.3, -0.25) is 0 Å². The van der Waals surface area contributed by atoms with Gasteiger partial charge in [0, 0.05) is 15.7 Å². The van der Waals surface area contributed by atoms with Crippen LogP contribution in [0.15, 0.2) is 41.3 Å². The highest BCUT2D eigenvalue weighted by Crippen LogP contribution is 2.27. The number of halogens is 2. The van der Waals surface area contributed by atoms with E-state index in [1.165, 1.54) is 12.1 Å². The highest BCUT2D eigenvalue weighted by Gasteiger charge is 2.19. The standard InChI is InChI=1S/C14H13Cl2NO2S/c1-9-6-12(17)4-5-14(9)20(18,19)8-10-2-3-11(15)7-13(10)16/h2-7H,8,17H2,1H3. The molecule has 0 fully saturated rings. The van der Waals surface area contributed by atoms with E-state index in [2.05, 4.69) is 0 Å². The van der Waals surface area contributed by atoms with Crippen LogP contribution >= 0.6 is 23.2 Å². The van der Waals surface area contributed by atoms with Gasteiger partial charge in [0.05, 0.1) is 10.6 Å². The molecule has 0 aliphatic heterocycles. The van der Waals surface area contributed by atoms with E-state index in [0.717, 1.165) is 0 Å². The lowest BCUT2D eigenvalue weighted by atomic mass is 10.2. The molecule has 106 valence electrons. The quantitative estimate of drug-likeness (QED) is 0.870. The maximum atomic E-state index is 12.4. The third-order valence-electron chi connectivity index (χ3n) is 2.89. The molecule has 20 heavy (non-hydrogen) atoms. The molecular formula is C14H13Cl2NO2S. The van der Waals surface area contributed by atoms with Crippen molar-refractivity contribution >= 4 is 38.7 Å². The van der Waals surface area contributed by atoms with Gasteiger partial charge in [-0.15, -0.1) is 0 Å². The summed E-state index contributed by atoms with van der Waals surface area (Å²) in [5, 5.41) is 0.814. The first-order valence-electron chi connectivity index (χ1n) is 5.82. The van der Waals surface area contributed by atoms with Crippen LogP contribution in [0.4, 0.5) is 5.69 Å². The predicted octanol–water partition coefficient (Wildman–Crippen LogP) is 3.86. The minimum absolute atomic E-state index is 0.173. The maximum Gasteiger partial charge on any atom is 0.182 e. The zero-order chi connectivity index (χ0) is 14.9. The minimum Gasteiger partial charge on any atom is -0.399 e. The summed E-state index contributed by atoms with van der Waals surface area (Å²) in [7, 11) is -3.48. The molecule has 6 heteroatoms. The van der Waals surface area contributed by atoms with Crippen LogP contribution < -0.4 is 5.73 Å². The van der Waals surface area contributed by atoms with Crippen molar-refractivity contribution in [1.82, 2.24) is 0 Å². The molecule has 3 nitrogen and oxygen atoms in total. The molecule has 0 bridgehead atoms. The van der Waals surface area contributed by atoms with Gasteiger partial charge < -0.3 is 5.73 Å². The monoisotopic (exact) mass is 329 g/mol. The van der Waals surface area contributed by atoms with E-state index in [-0.39, 0.29) is 10.6 Å². The Kier molecular flexibility index (Phi) is 4.28. The van der Waals surface area contributed by atoms with Crippen LogP contribution in [0.5, 0.6) is 0 Å². The van der Waals surface area contributed by atoms with Crippen molar-refractivity contribution in [2.75, 3.05) is 5.73 Å². The SMILES string of the molecule is Cc1cc(N)ccc1S(=O)(=O)Cc1ccc(Cl)cc1Cl. The summed E-state index contributed by atoms with van der Waals surface area (Å²) in [5.41, 5.74) is 7.31. The van der Waals surface area contributed by atoms with Crippen molar-refractivity contribution in [2.45, 2.75) is 17.6 Å². The number of anilines is 1. The topological polar surface area (TPSA) is 60.2 Å². The molecule has 0 unspecified atom stereocenters. The van der Waals surface area contributed by atoms with Crippen LogP contribution in [0, 0.1) is 6.92 Å². The molecule has 0 heterocycles. The Morgan fingerprint density at radius 2 is 1.80 bits per heavy atom. The molecule has 0 spiro atoms. The smallest absolute Gasteiger partial charge is 0.182 e. The van der Waals surface area contributed by atoms with Crippen molar-refractivity contribution in [3.8, 4) is 0 Å². The van der Waals surface area contributed by atoms with Gasteiger partial charge in [0.1, 0.15) is 0 Å². The Balaban J connectivity index is 2.41. The highest BCUT2D eigenvalue weighted by atomic mass is 35.5. The first-order valence-corrected chi connectivity index (χ1v) is 8.23. The largest absolute Gasteiger partial charge is 0.399 e. The Bertz CT molecular complexity index is 758. The Labute approximate surface area is 128 Å². The lowest BCUT2D eigenvalue weighted by Gasteiger charge is -2.10. The zero-order valence-corrected chi connectivity index (χ0v) is 13.1. The number of hydrogen-bond donors (Lipinski definition) is 1. The zero-order valence-electron chi connectivity index (χ0n) is 10.7. The lowest BCUT2D eigenvalue weighted by Crippen LogP contribution is -2.07. The third kappa shape index (κ3) is 3.26. The van der Waals surface area contributed by atoms with Gasteiger partial charge in [-0.05, 0) is 48.4 Å².